The van der Waals surface area contributed by atoms with Gasteiger partial charge in [-0.1, -0.05) is 19.9 Å². The first-order valence-electron chi connectivity index (χ1n) is 8.89. The number of rotatable bonds is 7. The van der Waals surface area contributed by atoms with Crippen LogP contribution in [0.4, 0.5) is 10.5 Å². The van der Waals surface area contributed by atoms with Crippen molar-refractivity contribution in [2.24, 2.45) is 5.41 Å². The van der Waals surface area contributed by atoms with Gasteiger partial charge in [0.15, 0.2) is 0 Å². The number of anilines is 1. The zero-order valence-electron chi connectivity index (χ0n) is 16.7. The Morgan fingerprint density at radius 1 is 1.20 bits per heavy atom. The van der Waals surface area contributed by atoms with Gasteiger partial charge in [0, 0.05) is 31.2 Å². The lowest BCUT2D eigenvalue weighted by molar-refractivity contribution is -0.124. The zero-order chi connectivity index (χ0) is 22.3. The second-order valence-corrected chi connectivity index (χ2v) is 9.10. The number of ether oxygens (including phenoxy) is 1. The number of nitrogens with one attached hydrogen (secondary N) is 2. The predicted molar refractivity (Wildman–Crippen MR) is 125 cm³/mol. The van der Waals surface area contributed by atoms with Crippen molar-refractivity contribution in [2.45, 2.75) is 24.8 Å². The molecule has 2 amide bonds. The first-order valence-corrected chi connectivity index (χ1v) is 11.2. The maximum absolute atomic E-state index is 12.6. The SMILES string of the molecule is CSc1ccc(NC(=O)O[C@@H](c2cc(I)ccc2O)C(C)(C)/C=C/C(=O)NO)cc1. The lowest BCUT2D eigenvalue weighted by Gasteiger charge is -2.32. The van der Waals surface area contributed by atoms with Gasteiger partial charge in [-0.2, -0.15) is 0 Å². The van der Waals surface area contributed by atoms with Gasteiger partial charge in [-0.05, 0) is 71.3 Å². The minimum Gasteiger partial charge on any atom is -0.508 e. The number of phenols is 1. The number of hydrogen-bond donors (Lipinski definition) is 4. The number of aromatic hydroxyl groups is 1. The van der Waals surface area contributed by atoms with Gasteiger partial charge in [0.2, 0.25) is 0 Å². The van der Waals surface area contributed by atoms with E-state index in [1.165, 1.54) is 17.6 Å². The van der Waals surface area contributed by atoms with Gasteiger partial charge in [0.25, 0.3) is 5.91 Å². The summed E-state index contributed by atoms with van der Waals surface area (Å²) in [6.07, 6.45) is 2.98. The molecule has 160 valence electrons. The average molecular weight is 542 g/mol. The van der Waals surface area contributed by atoms with Crippen LogP contribution in [0.25, 0.3) is 0 Å². The van der Waals surface area contributed by atoms with E-state index in [1.54, 1.807) is 49.9 Å². The maximum atomic E-state index is 12.6. The van der Waals surface area contributed by atoms with E-state index in [4.69, 9.17) is 9.94 Å². The topological polar surface area (TPSA) is 108 Å². The van der Waals surface area contributed by atoms with Crippen molar-refractivity contribution < 1.29 is 24.6 Å². The van der Waals surface area contributed by atoms with Crippen LogP contribution in [0.2, 0.25) is 0 Å². The first kappa shape index (κ1) is 24.0. The molecule has 0 spiro atoms. The number of benzene rings is 2. The summed E-state index contributed by atoms with van der Waals surface area (Å²) in [5.41, 5.74) is 1.59. The quantitative estimate of drug-likeness (QED) is 0.128. The van der Waals surface area contributed by atoms with E-state index < -0.39 is 23.5 Å². The molecule has 0 heterocycles. The first-order chi connectivity index (χ1) is 14.2. The van der Waals surface area contributed by atoms with Crippen molar-refractivity contribution in [3.63, 3.8) is 0 Å². The van der Waals surface area contributed by atoms with E-state index in [2.05, 4.69) is 27.9 Å². The molecule has 7 nitrogen and oxygen atoms in total. The number of amides is 2. The lowest BCUT2D eigenvalue weighted by Crippen LogP contribution is -2.28. The monoisotopic (exact) mass is 542 g/mol. The summed E-state index contributed by atoms with van der Waals surface area (Å²) in [4.78, 5) is 25.1. The Hall–Kier alpha value is -2.24. The van der Waals surface area contributed by atoms with Gasteiger partial charge < -0.3 is 9.84 Å². The minimum absolute atomic E-state index is 0.0365. The molecule has 2 rings (SSSR count). The Labute approximate surface area is 193 Å². The fourth-order valence-corrected chi connectivity index (χ4v) is 3.62. The zero-order valence-corrected chi connectivity index (χ0v) is 19.7. The fourth-order valence-electron chi connectivity index (χ4n) is 2.70. The van der Waals surface area contributed by atoms with Crippen molar-refractivity contribution in [1.29, 1.82) is 0 Å². The molecule has 2 aromatic rings. The molecule has 9 heteroatoms. The van der Waals surface area contributed by atoms with E-state index in [9.17, 15) is 14.7 Å². The third-order valence-corrected chi connectivity index (χ3v) is 5.70. The lowest BCUT2D eigenvalue weighted by atomic mass is 9.81. The maximum Gasteiger partial charge on any atom is 0.412 e. The normalized spacial score (nSPS) is 12.4. The van der Waals surface area contributed by atoms with E-state index >= 15 is 0 Å². The van der Waals surface area contributed by atoms with Crippen LogP contribution < -0.4 is 10.8 Å². The Morgan fingerprint density at radius 2 is 1.87 bits per heavy atom. The summed E-state index contributed by atoms with van der Waals surface area (Å²) in [7, 11) is 0. The third kappa shape index (κ3) is 6.64. The number of carbonyl (C=O) groups excluding carboxylic acids is 2. The van der Waals surface area contributed by atoms with Crippen molar-refractivity contribution in [2.75, 3.05) is 11.6 Å². The van der Waals surface area contributed by atoms with Crippen LogP contribution in [-0.2, 0) is 9.53 Å². The van der Waals surface area contributed by atoms with E-state index in [0.717, 1.165) is 14.5 Å². The van der Waals surface area contributed by atoms with E-state index in [1.807, 2.05) is 18.4 Å². The highest BCUT2D eigenvalue weighted by Gasteiger charge is 2.34. The molecular formula is C21H23IN2O5S. The molecule has 4 N–H and O–H groups in total. The number of halogens is 1. The highest BCUT2D eigenvalue weighted by molar-refractivity contribution is 14.1. The van der Waals surface area contributed by atoms with E-state index in [0.29, 0.717) is 11.3 Å². The van der Waals surface area contributed by atoms with Crippen molar-refractivity contribution in [3.8, 4) is 5.75 Å². The van der Waals surface area contributed by atoms with Crippen LogP contribution in [0.15, 0.2) is 59.5 Å². The van der Waals surface area contributed by atoms with Gasteiger partial charge in [-0.15, -0.1) is 11.8 Å². The Kier molecular flexibility index (Phi) is 8.56. The summed E-state index contributed by atoms with van der Waals surface area (Å²) >= 11 is 3.69. The number of hydroxylamine groups is 1. The standard InChI is InChI=1S/C21H23IN2O5S/c1-21(2,11-10-18(26)24-28)19(16-12-13(22)4-9-17(16)25)29-20(27)23-14-5-7-15(30-3)8-6-14/h4-12,19,25,28H,1-3H3,(H,23,27)(H,24,26)/b11-10+/t19-/m0/s1. The van der Waals surface area contributed by atoms with Gasteiger partial charge in [-0.3, -0.25) is 15.3 Å². The van der Waals surface area contributed by atoms with E-state index in [-0.39, 0.29) is 5.75 Å². The van der Waals surface area contributed by atoms with Crippen LogP contribution in [0.5, 0.6) is 5.75 Å². The van der Waals surface area contributed by atoms with Crippen molar-refractivity contribution in [3.05, 3.63) is 63.8 Å². The van der Waals surface area contributed by atoms with Crippen LogP contribution in [0.1, 0.15) is 25.5 Å². The molecule has 0 unspecified atom stereocenters. The largest absolute Gasteiger partial charge is 0.508 e. The second-order valence-electron chi connectivity index (χ2n) is 6.97. The molecule has 0 saturated heterocycles. The molecule has 0 aliphatic carbocycles. The summed E-state index contributed by atoms with van der Waals surface area (Å²) < 4.78 is 6.54. The van der Waals surface area contributed by atoms with Crippen LogP contribution in [0.3, 0.4) is 0 Å². The molecule has 0 saturated carbocycles. The van der Waals surface area contributed by atoms with Gasteiger partial charge >= 0.3 is 6.09 Å². The van der Waals surface area contributed by atoms with Crippen LogP contribution in [-0.4, -0.2) is 28.6 Å². The minimum atomic E-state index is -0.916. The van der Waals surface area contributed by atoms with Crippen molar-refractivity contribution in [1.82, 2.24) is 5.48 Å². The number of phenolic OH excluding ortho intramolecular Hbond substituents is 1. The molecule has 30 heavy (non-hydrogen) atoms. The summed E-state index contributed by atoms with van der Waals surface area (Å²) in [6, 6.07) is 12.2. The summed E-state index contributed by atoms with van der Waals surface area (Å²) in [6.45, 7) is 3.50. The number of thioether (sulfide) groups is 1. The summed E-state index contributed by atoms with van der Waals surface area (Å²) in [5.74, 6) is -0.752. The molecule has 0 radical (unpaired) electrons. The average Bonchev–Trinajstić information content (AvgIpc) is 2.72. The van der Waals surface area contributed by atoms with Gasteiger partial charge in [0.05, 0.1) is 0 Å². The number of carbonyl (C=O) groups is 2. The molecule has 2 aromatic carbocycles. The highest BCUT2D eigenvalue weighted by Crippen LogP contribution is 2.42. The highest BCUT2D eigenvalue weighted by atomic mass is 127. The Bertz CT molecular complexity index is 931. The molecule has 0 aromatic heterocycles. The summed E-state index contributed by atoms with van der Waals surface area (Å²) in [5, 5.41) is 21.8. The molecule has 0 bridgehead atoms. The Morgan fingerprint density at radius 3 is 2.47 bits per heavy atom. The molecule has 0 aliphatic heterocycles. The van der Waals surface area contributed by atoms with Gasteiger partial charge in [-0.25, -0.2) is 10.3 Å². The van der Waals surface area contributed by atoms with Crippen LogP contribution in [0, 0.1) is 8.99 Å². The smallest absolute Gasteiger partial charge is 0.412 e. The van der Waals surface area contributed by atoms with Crippen molar-refractivity contribution >= 4 is 52.0 Å². The molecular weight excluding hydrogens is 519 g/mol. The fraction of sp³-hybridized carbons (Fsp3) is 0.238. The molecule has 0 fully saturated rings. The second kappa shape index (κ2) is 10.7. The predicted octanol–water partition coefficient (Wildman–Crippen LogP) is 5.10. The van der Waals surface area contributed by atoms with Crippen LogP contribution >= 0.6 is 34.4 Å². The molecule has 1 atom stereocenters. The third-order valence-electron chi connectivity index (χ3n) is 4.28. The number of hydrogen-bond acceptors (Lipinski definition) is 6. The Balaban J connectivity index is 2.32. The molecule has 0 aliphatic rings. The van der Waals surface area contributed by atoms with Gasteiger partial charge in [0.1, 0.15) is 11.9 Å².